The Balaban J connectivity index is 2.22. The third-order valence-corrected chi connectivity index (χ3v) is 3.35. The topological polar surface area (TPSA) is 55.9 Å². The molecule has 0 fully saturated rings. The summed E-state index contributed by atoms with van der Waals surface area (Å²) in [5.41, 5.74) is 7.63. The van der Waals surface area contributed by atoms with Crippen LogP contribution in [0, 0.1) is 13.8 Å². The first-order valence-corrected chi connectivity index (χ1v) is 6.70. The Bertz CT molecular complexity index is 528. The van der Waals surface area contributed by atoms with Crippen LogP contribution in [0.15, 0.2) is 30.3 Å². The molecule has 4 heteroatoms. The summed E-state index contributed by atoms with van der Waals surface area (Å²) < 4.78 is 2.01. The van der Waals surface area contributed by atoms with Crippen molar-refractivity contribution < 1.29 is 0 Å². The van der Waals surface area contributed by atoms with E-state index in [1.54, 1.807) is 0 Å². The normalized spacial score (nSPS) is 12.6. The number of benzene rings is 1. The number of nitrogens with zero attached hydrogens (tertiary/aromatic N) is 2. The second kappa shape index (κ2) is 5.99. The number of nitrogens with one attached hydrogen (secondary N) is 1. The smallest absolute Gasteiger partial charge is 0.0669 e. The molecule has 0 aliphatic rings. The molecule has 1 aromatic heterocycles. The van der Waals surface area contributed by atoms with E-state index in [4.69, 9.17) is 5.84 Å². The molecule has 1 aromatic carbocycles. The maximum atomic E-state index is 5.72. The van der Waals surface area contributed by atoms with Crippen LogP contribution < -0.4 is 11.3 Å². The molecule has 1 heterocycles. The summed E-state index contributed by atoms with van der Waals surface area (Å²) in [5.74, 6) is 5.72. The van der Waals surface area contributed by atoms with E-state index in [9.17, 15) is 0 Å². The molecule has 0 aliphatic carbocycles. The molecule has 3 N–H and O–H groups in total. The number of rotatable bonds is 5. The van der Waals surface area contributed by atoms with Crippen molar-refractivity contribution in [2.75, 3.05) is 0 Å². The third kappa shape index (κ3) is 3.22. The predicted octanol–water partition coefficient (Wildman–Crippen LogP) is 2.27. The molecule has 102 valence electrons. The van der Waals surface area contributed by atoms with Crippen molar-refractivity contribution in [3.63, 3.8) is 0 Å². The monoisotopic (exact) mass is 258 g/mol. The predicted molar refractivity (Wildman–Crippen MR) is 77.6 cm³/mol. The maximum absolute atomic E-state index is 5.72. The van der Waals surface area contributed by atoms with Gasteiger partial charge >= 0.3 is 0 Å². The van der Waals surface area contributed by atoms with Crippen LogP contribution >= 0.6 is 0 Å². The van der Waals surface area contributed by atoms with E-state index in [1.165, 1.54) is 11.1 Å². The van der Waals surface area contributed by atoms with Crippen molar-refractivity contribution in [2.24, 2.45) is 5.84 Å². The van der Waals surface area contributed by atoms with Crippen molar-refractivity contribution in [1.29, 1.82) is 0 Å². The average molecular weight is 258 g/mol. The van der Waals surface area contributed by atoms with Crippen molar-refractivity contribution in [1.82, 2.24) is 15.2 Å². The van der Waals surface area contributed by atoms with Gasteiger partial charge in [0.1, 0.15) is 0 Å². The van der Waals surface area contributed by atoms with Gasteiger partial charge in [-0.3, -0.25) is 16.0 Å². The number of aromatic nitrogens is 2. The number of hydrogen-bond acceptors (Lipinski definition) is 3. The minimum absolute atomic E-state index is 0.0869. The van der Waals surface area contributed by atoms with Gasteiger partial charge in [0.25, 0.3) is 0 Å². The van der Waals surface area contributed by atoms with Crippen LogP contribution in [0.4, 0.5) is 0 Å². The van der Waals surface area contributed by atoms with E-state index in [0.717, 1.165) is 24.4 Å². The van der Waals surface area contributed by atoms with Gasteiger partial charge in [-0.2, -0.15) is 5.10 Å². The summed E-state index contributed by atoms with van der Waals surface area (Å²) in [6.45, 7) is 7.05. The fourth-order valence-corrected chi connectivity index (χ4v) is 2.31. The Labute approximate surface area is 114 Å². The number of nitrogens with two attached hydrogens (primary N) is 1. The summed E-state index contributed by atoms with van der Waals surface area (Å²) in [6, 6.07) is 10.8. The largest absolute Gasteiger partial charge is 0.271 e. The Morgan fingerprint density at radius 3 is 2.53 bits per heavy atom. The molecule has 1 unspecified atom stereocenters. The van der Waals surface area contributed by atoms with E-state index < -0.39 is 0 Å². The van der Waals surface area contributed by atoms with E-state index in [1.807, 2.05) is 11.6 Å². The second-order valence-corrected chi connectivity index (χ2v) is 4.94. The lowest BCUT2D eigenvalue weighted by Gasteiger charge is -2.17. The summed E-state index contributed by atoms with van der Waals surface area (Å²) in [6.07, 6.45) is 0.863. The molecule has 0 saturated heterocycles. The average Bonchev–Trinajstić information content (AvgIpc) is 2.79. The van der Waals surface area contributed by atoms with Crippen molar-refractivity contribution >= 4 is 0 Å². The molecular formula is C15H22N4. The maximum Gasteiger partial charge on any atom is 0.0669 e. The Morgan fingerprint density at radius 2 is 1.95 bits per heavy atom. The summed E-state index contributed by atoms with van der Waals surface area (Å²) in [4.78, 5) is 0. The molecular weight excluding hydrogens is 236 g/mol. The molecule has 0 radical (unpaired) electrons. The van der Waals surface area contributed by atoms with Crippen LogP contribution in [0.1, 0.15) is 35.5 Å². The molecule has 0 bridgehead atoms. The van der Waals surface area contributed by atoms with Gasteiger partial charge in [0, 0.05) is 6.54 Å². The van der Waals surface area contributed by atoms with E-state index in [0.29, 0.717) is 0 Å². The van der Waals surface area contributed by atoms with Gasteiger partial charge in [-0.1, -0.05) is 29.8 Å². The molecule has 19 heavy (non-hydrogen) atoms. The highest BCUT2D eigenvalue weighted by Crippen LogP contribution is 2.19. The van der Waals surface area contributed by atoms with Crippen molar-refractivity contribution in [2.45, 2.75) is 39.8 Å². The van der Waals surface area contributed by atoms with Crippen LogP contribution in [0.2, 0.25) is 0 Å². The van der Waals surface area contributed by atoms with E-state index >= 15 is 0 Å². The van der Waals surface area contributed by atoms with Gasteiger partial charge in [-0.25, -0.2) is 0 Å². The SMILES string of the molecule is CCn1nc(C)cc1C(Cc1ccc(C)cc1)NN. The van der Waals surface area contributed by atoms with Gasteiger partial charge in [-0.05, 0) is 38.8 Å². The lowest BCUT2D eigenvalue weighted by atomic mass is 10.0. The zero-order chi connectivity index (χ0) is 13.8. The zero-order valence-corrected chi connectivity index (χ0v) is 11.9. The van der Waals surface area contributed by atoms with Crippen LogP contribution in [-0.4, -0.2) is 9.78 Å². The fraction of sp³-hybridized carbons (Fsp3) is 0.400. The van der Waals surface area contributed by atoms with Crippen LogP contribution in [-0.2, 0) is 13.0 Å². The Hall–Kier alpha value is -1.65. The van der Waals surface area contributed by atoms with Gasteiger partial charge in [0.2, 0.25) is 0 Å². The second-order valence-electron chi connectivity index (χ2n) is 4.94. The Morgan fingerprint density at radius 1 is 1.26 bits per heavy atom. The quantitative estimate of drug-likeness (QED) is 0.639. The fourth-order valence-electron chi connectivity index (χ4n) is 2.31. The minimum atomic E-state index is 0.0869. The molecule has 1 atom stereocenters. The first kappa shape index (κ1) is 13.8. The first-order valence-electron chi connectivity index (χ1n) is 6.70. The standard InChI is InChI=1S/C15H22N4/c1-4-19-15(9-12(3)18-19)14(17-16)10-13-7-5-11(2)6-8-13/h5-9,14,17H,4,10,16H2,1-3H3. The van der Waals surface area contributed by atoms with Crippen LogP contribution in [0.5, 0.6) is 0 Å². The zero-order valence-electron chi connectivity index (χ0n) is 11.9. The van der Waals surface area contributed by atoms with Gasteiger partial charge in [0.15, 0.2) is 0 Å². The summed E-state index contributed by atoms with van der Waals surface area (Å²) in [5, 5.41) is 4.47. The molecule has 2 rings (SSSR count). The Kier molecular flexibility index (Phi) is 4.35. The van der Waals surface area contributed by atoms with Gasteiger partial charge in [-0.15, -0.1) is 0 Å². The summed E-state index contributed by atoms with van der Waals surface area (Å²) in [7, 11) is 0. The third-order valence-electron chi connectivity index (χ3n) is 3.35. The molecule has 4 nitrogen and oxygen atoms in total. The highest BCUT2D eigenvalue weighted by molar-refractivity contribution is 5.24. The van der Waals surface area contributed by atoms with Crippen molar-refractivity contribution in [3.05, 3.63) is 52.8 Å². The lowest BCUT2D eigenvalue weighted by Crippen LogP contribution is -2.31. The van der Waals surface area contributed by atoms with E-state index in [-0.39, 0.29) is 6.04 Å². The van der Waals surface area contributed by atoms with Crippen LogP contribution in [0.3, 0.4) is 0 Å². The van der Waals surface area contributed by atoms with Crippen molar-refractivity contribution in [3.8, 4) is 0 Å². The first-order chi connectivity index (χ1) is 9.13. The molecule has 0 aliphatic heterocycles. The highest BCUT2D eigenvalue weighted by Gasteiger charge is 2.16. The molecule has 0 saturated carbocycles. The molecule has 2 aromatic rings. The number of hydrogen-bond donors (Lipinski definition) is 2. The minimum Gasteiger partial charge on any atom is -0.271 e. The number of aryl methyl sites for hydroxylation is 3. The lowest BCUT2D eigenvalue weighted by molar-refractivity contribution is 0.490. The number of hydrazine groups is 1. The van der Waals surface area contributed by atoms with Gasteiger partial charge < -0.3 is 0 Å². The van der Waals surface area contributed by atoms with Crippen LogP contribution in [0.25, 0.3) is 0 Å². The molecule has 0 spiro atoms. The van der Waals surface area contributed by atoms with E-state index in [2.05, 4.69) is 54.7 Å². The highest BCUT2D eigenvalue weighted by atomic mass is 15.3. The molecule has 0 amide bonds. The summed E-state index contributed by atoms with van der Waals surface area (Å²) >= 11 is 0. The van der Waals surface area contributed by atoms with Gasteiger partial charge in [0.05, 0.1) is 17.4 Å².